The van der Waals surface area contributed by atoms with Gasteiger partial charge in [0.25, 0.3) is 5.91 Å². The lowest BCUT2D eigenvalue weighted by Gasteiger charge is -2.30. The smallest absolute Gasteiger partial charge is 0.254 e. The number of halogens is 3. The highest BCUT2D eigenvalue weighted by molar-refractivity contribution is 5.95. The van der Waals surface area contributed by atoms with Gasteiger partial charge in [0, 0.05) is 23.7 Å². The second-order valence-corrected chi connectivity index (χ2v) is 6.51. The van der Waals surface area contributed by atoms with Crippen molar-refractivity contribution in [2.45, 2.75) is 31.8 Å². The maximum atomic E-state index is 14.5. The van der Waals surface area contributed by atoms with E-state index in [2.05, 4.69) is 10.6 Å². The summed E-state index contributed by atoms with van der Waals surface area (Å²) in [6.45, 7) is 2.92. The van der Waals surface area contributed by atoms with Gasteiger partial charge in [0.15, 0.2) is 0 Å². The number of piperidine rings is 1. The largest absolute Gasteiger partial charge is 0.497 e. The highest BCUT2D eigenvalue weighted by atomic mass is 35.5. The van der Waals surface area contributed by atoms with Gasteiger partial charge in [0.1, 0.15) is 17.4 Å². The van der Waals surface area contributed by atoms with Crippen molar-refractivity contribution in [1.82, 2.24) is 10.6 Å². The molecule has 27 heavy (non-hydrogen) atoms. The Labute approximate surface area is 163 Å². The van der Waals surface area contributed by atoms with Crippen LogP contribution in [0.3, 0.4) is 0 Å². The molecule has 0 spiro atoms. The monoisotopic (exact) mass is 396 g/mol. The molecular weight excluding hydrogens is 374 g/mol. The zero-order valence-corrected chi connectivity index (χ0v) is 16.0. The summed E-state index contributed by atoms with van der Waals surface area (Å²) in [5, 5.41) is 6.17. The van der Waals surface area contributed by atoms with E-state index in [1.807, 2.05) is 6.92 Å². The fourth-order valence-corrected chi connectivity index (χ4v) is 3.21. The number of nitrogens with one attached hydrogen (secondary N) is 2. The molecule has 0 aliphatic carbocycles. The predicted octanol–water partition coefficient (Wildman–Crippen LogP) is 3.93. The molecule has 2 aromatic rings. The Morgan fingerprint density at radius 3 is 2.59 bits per heavy atom. The van der Waals surface area contributed by atoms with Crippen molar-refractivity contribution in [1.29, 1.82) is 0 Å². The Morgan fingerprint density at radius 2 is 1.96 bits per heavy atom. The van der Waals surface area contributed by atoms with Gasteiger partial charge in [0.05, 0.1) is 12.7 Å². The summed E-state index contributed by atoms with van der Waals surface area (Å²) in [7, 11) is 1.45. The average molecular weight is 397 g/mol. The normalized spacial score (nSPS) is 19.1. The van der Waals surface area contributed by atoms with E-state index in [0.717, 1.165) is 19.4 Å². The van der Waals surface area contributed by atoms with E-state index in [1.165, 1.54) is 31.4 Å². The highest BCUT2D eigenvalue weighted by Crippen LogP contribution is 2.27. The molecule has 1 aliphatic rings. The number of hydrogen-bond acceptors (Lipinski definition) is 3. The van der Waals surface area contributed by atoms with E-state index < -0.39 is 17.5 Å². The lowest BCUT2D eigenvalue weighted by Crippen LogP contribution is -2.52. The first-order chi connectivity index (χ1) is 12.5. The summed E-state index contributed by atoms with van der Waals surface area (Å²) in [5.74, 6) is -1.25. The topological polar surface area (TPSA) is 50.4 Å². The van der Waals surface area contributed by atoms with Crippen molar-refractivity contribution >= 4 is 18.3 Å². The number of hydrogen-bond donors (Lipinski definition) is 2. The molecule has 0 radical (unpaired) electrons. The summed E-state index contributed by atoms with van der Waals surface area (Å²) in [5.41, 5.74) is 0.578. The molecule has 0 saturated carbocycles. The molecule has 146 valence electrons. The fourth-order valence-electron chi connectivity index (χ4n) is 3.21. The Morgan fingerprint density at radius 1 is 1.19 bits per heavy atom. The van der Waals surface area contributed by atoms with E-state index in [-0.39, 0.29) is 35.6 Å². The van der Waals surface area contributed by atoms with E-state index >= 15 is 0 Å². The Hall–Kier alpha value is -2.18. The SMILES string of the molecule is COc1ccc(-c2ccc(C(=O)NC3CCCNC3C)c(F)c2)c(F)c1.Cl. The van der Waals surface area contributed by atoms with Crippen LogP contribution in [0.2, 0.25) is 0 Å². The molecule has 0 aromatic heterocycles. The van der Waals surface area contributed by atoms with Crippen LogP contribution in [0.25, 0.3) is 11.1 Å². The van der Waals surface area contributed by atoms with Crippen molar-refractivity contribution in [3.63, 3.8) is 0 Å². The lowest BCUT2D eigenvalue weighted by molar-refractivity contribution is 0.0916. The van der Waals surface area contributed by atoms with Gasteiger partial charge in [0.2, 0.25) is 0 Å². The third kappa shape index (κ3) is 4.76. The van der Waals surface area contributed by atoms with Crippen LogP contribution in [-0.4, -0.2) is 31.6 Å². The summed E-state index contributed by atoms with van der Waals surface area (Å²) >= 11 is 0. The number of carbonyl (C=O) groups is 1. The van der Waals surface area contributed by atoms with Gasteiger partial charge in [-0.2, -0.15) is 0 Å². The molecule has 1 saturated heterocycles. The minimum absolute atomic E-state index is 0. The van der Waals surface area contributed by atoms with Gasteiger partial charge in [-0.1, -0.05) is 6.07 Å². The molecule has 2 atom stereocenters. The summed E-state index contributed by atoms with van der Waals surface area (Å²) in [6, 6.07) is 8.61. The Bertz CT molecular complexity index is 817. The van der Waals surface area contributed by atoms with Crippen molar-refractivity contribution in [2.75, 3.05) is 13.7 Å². The van der Waals surface area contributed by atoms with Gasteiger partial charge in [-0.15, -0.1) is 12.4 Å². The van der Waals surface area contributed by atoms with Crippen molar-refractivity contribution in [3.8, 4) is 16.9 Å². The maximum Gasteiger partial charge on any atom is 0.254 e. The van der Waals surface area contributed by atoms with E-state index in [1.54, 1.807) is 12.1 Å². The van der Waals surface area contributed by atoms with Crippen LogP contribution in [0.15, 0.2) is 36.4 Å². The van der Waals surface area contributed by atoms with E-state index in [0.29, 0.717) is 11.3 Å². The molecule has 2 unspecified atom stereocenters. The molecule has 2 N–H and O–H groups in total. The Balaban J connectivity index is 0.00000261. The van der Waals surface area contributed by atoms with E-state index in [4.69, 9.17) is 4.74 Å². The molecule has 4 nitrogen and oxygen atoms in total. The summed E-state index contributed by atoms with van der Waals surface area (Å²) < 4.78 is 33.6. The molecule has 7 heteroatoms. The molecule has 0 bridgehead atoms. The highest BCUT2D eigenvalue weighted by Gasteiger charge is 2.24. The first-order valence-corrected chi connectivity index (χ1v) is 8.67. The molecule has 2 aromatic carbocycles. The van der Waals surface area contributed by atoms with Crippen LogP contribution in [0.4, 0.5) is 8.78 Å². The van der Waals surface area contributed by atoms with Crippen LogP contribution < -0.4 is 15.4 Å². The number of ether oxygens (including phenoxy) is 1. The van der Waals surface area contributed by atoms with Crippen LogP contribution in [0.1, 0.15) is 30.1 Å². The zero-order valence-electron chi connectivity index (χ0n) is 15.2. The quantitative estimate of drug-likeness (QED) is 0.823. The number of carbonyl (C=O) groups excluding carboxylic acids is 1. The molecule has 1 amide bonds. The third-order valence-electron chi connectivity index (χ3n) is 4.78. The van der Waals surface area contributed by atoms with Gasteiger partial charge in [-0.3, -0.25) is 4.79 Å². The number of amides is 1. The molecular formula is C20H23ClF2N2O2. The standard InChI is InChI=1S/C20H22F2N2O2.ClH/c1-12-19(4-3-9-23-12)24-20(25)16-7-5-13(10-17(16)21)15-8-6-14(26-2)11-18(15)22;/h5-8,10-12,19,23H,3-4,9H2,1-2H3,(H,24,25);1H. The van der Waals surface area contributed by atoms with Crippen LogP contribution in [-0.2, 0) is 0 Å². The molecule has 3 rings (SSSR count). The second-order valence-electron chi connectivity index (χ2n) is 6.51. The van der Waals surface area contributed by atoms with Crippen molar-refractivity contribution in [2.24, 2.45) is 0 Å². The number of benzene rings is 2. The van der Waals surface area contributed by atoms with Gasteiger partial charge in [-0.25, -0.2) is 8.78 Å². The maximum absolute atomic E-state index is 14.5. The summed E-state index contributed by atoms with van der Waals surface area (Å²) in [6.07, 6.45) is 1.82. The second kappa shape index (κ2) is 9.15. The number of methoxy groups -OCH3 is 1. The van der Waals surface area contributed by atoms with Gasteiger partial charge < -0.3 is 15.4 Å². The fraction of sp³-hybridized carbons (Fsp3) is 0.350. The third-order valence-corrected chi connectivity index (χ3v) is 4.78. The van der Waals surface area contributed by atoms with Crippen molar-refractivity contribution in [3.05, 3.63) is 53.6 Å². The van der Waals surface area contributed by atoms with Gasteiger partial charge >= 0.3 is 0 Å². The molecule has 1 fully saturated rings. The average Bonchev–Trinajstić information content (AvgIpc) is 2.63. The number of rotatable bonds is 4. The van der Waals surface area contributed by atoms with Crippen LogP contribution in [0, 0.1) is 11.6 Å². The van der Waals surface area contributed by atoms with Crippen LogP contribution in [0.5, 0.6) is 5.75 Å². The molecule has 1 aliphatic heterocycles. The lowest BCUT2D eigenvalue weighted by atomic mass is 9.98. The molecule has 1 heterocycles. The first-order valence-electron chi connectivity index (χ1n) is 8.67. The Kier molecular flexibility index (Phi) is 7.16. The predicted molar refractivity (Wildman–Crippen MR) is 104 cm³/mol. The van der Waals surface area contributed by atoms with E-state index in [9.17, 15) is 13.6 Å². The minimum Gasteiger partial charge on any atom is -0.497 e. The minimum atomic E-state index is -0.674. The van der Waals surface area contributed by atoms with Crippen molar-refractivity contribution < 1.29 is 18.3 Å². The zero-order chi connectivity index (χ0) is 18.7. The first kappa shape index (κ1) is 21.1. The van der Waals surface area contributed by atoms with Gasteiger partial charge in [-0.05, 0) is 56.1 Å². The van der Waals surface area contributed by atoms with Crippen LogP contribution >= 0.6 is 12.4 Å². The summed E-state index contributed by atoms with van der Waals surface area (Å²) in [4.78, 5) is 12.4.